The zero-order chi connectivity index (χ0) is 31.1. The van der Waals surface area contributed by atoms with E-state index in [-0.39, 0.29) is 22.9 Å². The minimum atomic E-state index is -0.702. The first-order valence-corrected chi connectivity index (χ1v) is 14.4. The summed E-state index contributed by atoms with van der Waals surface area (Å²) in [6.07, 6.45) is 3.76. The Balaban J connectivity index is 1.37. The SMILES string of the molecule is CC(C)(C)OC(=O)NC1CCN(c2cc3c(NC4CCN(c5ccc(C#N)cc5)CC4(C)C)c(C(N)=O)cnn3c2)C1=O. The molecule has 0 bridgehead atoms. The smallest absolute Gasteiger partial charge is 0.408 e. The number of amides is 3. The Kier molecular flexibility index (Phi) is 7.69. The molecule has 2 fully saturated rings. The molecule has 2 atom stereocenters. The number of carbonyl (C=O) groups excluding carboxylic acids is 3. The molecule has 1 aromatic carbocycles. The highest BCUT2D eigenvalue weighted by molar-refractivity contribution is 6.04. The average molecular weight is 587 g/mol. The van der Waals surface area contributed by atoms with E-state index >= 15 is 0 Å². The van der Waals surface area contributed by atoms with Gasteiger partial charge in [0.15, 0.2) is 0 Å². The van der Waals surface area contributed by atoms with Crippen molar-refractivity contribution in [2.45, 2.75) is 65.1 Å². The fraction of sp³-hybridized carbons (Fsp3) is 0.452. The minimum Gasteiger partial charge on any atom is -0.444 e. The van der Waals surface area contributed by atoms with Crippen LogP contribution in [0.25, 0.3) is 5.52 Å². The molecule has 2 aliphatic heterocycles. The van der Waals surface area contributed by atoms with Gasteiger partial charge in [-0.05, 0) is 63.9 Å². The fourth-order valence-corrected chi connectivity index (χ4v) is 5.81. The molecule has 2 aromatic heterocycles. The number of hydrogen-bond donors (Lipinski definition) is 3. The van der Waals surface area contributed by atoms with Gasteiger partial charge in [0.05, 0.1) is 46.5 Å². The van der Waals surface area contributed by atoms with Crippen molar-refractivity contribution in [3.8, 4) is 6.07 Å². The maximum atomic E-state index is 13.2. The number of nitrogens with zero attached hydrogens (tertiary/aromatic N) is 5. The summed E-state index contributed by atoms with van der Waals surface area (Å²) in [6.45, 7) is 11.6. The molecule has 2 aliphatic rings. The van der Waals surface area contributed by atoms with Crippen LogP contribution in [-0.2, 0) is 9.53 Å². The summed E-state index contributed by atoms with van der Waals surface area (Å²) in [5.41, 5.74) is 8.63. The van der Waals surface area contributed by atoms with Gasteiger partial charge in [-0.15, -0.1) is 0 Å². The molecule has 3 aromatic rings. The van der Waals surface area contributed by atoms with Crippen LogP contribution >= 0.6 is 0 Å². The van der Waals surface area contributed by atoms with Crippen molar-refractivity contribution >= 4 is 40.5 Å². The largest absolute Gasteiger partial charge is 0.444 e. The number of nitriles is 1. The van der Waals surface area contributed by atoms with Crippen molar-refractivity contribution < 1.29 is 19.1 Å². The van der Waals surface area contributed by atoms with E-state index in [9.17, 15) is 14.4 Å². The molecule has 5 rings (SSSR count). The Morgan fingerprint density at radius 2 is 1.86 bits per heavy atom. The van der Waals surface area contributed by atoms with Gasteiger partial charge in [-0.1, -0.05) is 13.8 Å². The Morgan fingerprint density at radius 1 is 1.14 bits per heavy atom. The van der Waals surface area contributed by atoms with Gasteiger partial charge < -0.3 is 30.9 Å². The molecular weight excluding hydrogens is 548 g/mol. The van der Waals surface area contributed by atoms with Crippen LogP contribution in [-0.4, -0.2) is 64.8 Å². The monoisotopic (exact) mass is 586 g/mol. The molecule has 3 amide bonds. The first kappa shape index (κ1) is 29.7. The predicted octanol–water partition coefficient (Wildman–Crippen LogP) is 3.65. The topological polar surface area (TPSA) is 158 Å². The third-order valence-electron chi connectivity index (χ3n) is 8.01. The van der Waals surface area contributed by atoms with E-state index in [1.54, 1.807) is 36.4 Å². The van der Waals surface area contributed by atoms with Crippen LogP contribution in [0.2, 0.25) is 0 Å². The van der Waals surface area contributed by atoms with Crippen molar-refractivity contribution in [1.82, 2.24) is 14.9 Å². The number of piperidine rings is 1. The second-order valence-electron chi connectivity index (χ2n) is 12.9. The summed E-state index contributed by atoms with van der Waals surface area (Å²) in [5, 5.41) is 19.8. The van der Waals surface area contributed by atoms with Crippen molar-refractivity contribution in [2.75, 3.05) is 34.8 Å². The van der Waals surface area contributed by atoms with Crippen LogP contribution in [0.5, 0.6) is 0 Å². The summed E-state index contributed by atoms with van der Waals surface area (Å²) in [4.78, 5) is 41.9. The summed E-state index contributed by atoms with van der Waals surface area (Å²) >= 11 is 0. The van der Waals surface area contributed by atoms with Gasteiger partial charge in [-0.2, -0.15) is 10.4 Å². The molecule has 43 heavy (non-hydrogen) atoms. The number of anilines is 3. The number of rotatable bonds is 6. The lowest BCUT2D eigenvalue weighted by Gasteiger charge is -2.46. The normalized spacial score (nSPS) is 20.1. The first-order chi connectivity index (χ1) is 20.3. The number of nitrogens with two attached hydrogens (primary N) is 1. The summed E-state index contributed by atoms with van der Waals surface area (Å²) in [7, 11) is 0. The van der Waals surface area contributed by atoms with Crippen LogP contribution in [0.1, 0.15) is 63.4 Å². The Morgan fingerprint density at radius 3 is 2.49 bits per heavy atom. The van der Waals surface area contributed by atoms with Gasteiger partial charge in [0.1, 0.15) is 11.6 Å². The van der Waals surface area contributed by atoms with Gasteiger partial charge in [0.2, 0.25) is 5.91 Å². The molecule has 12 heteroatoms. The maximum absolute atomic E-state index is 13.2. The lowest BCUT2D eigenvalue weighted by Crippen LogP contribution is -2.52. The molecule has 0 saturated carbocycles. The third kappa shape index (κ3) is 6.21. The minimum absolute atomic E-state index is 0.000564. The summed E-state index contributed by atoms with van der Waals surface area (Å²) < 4.78 is 6.95. The van der Waals surface area contributed by atoms with Crippen LogP contribution in [0, 0.1) is 16.7 Å². The maximum Gasteiger partial charge on any atom is 0.408 e. The first-order valence-electron chi connectivity index (χ1n) is 14.4. The zero-order valence-corrected chi connectivity index (χ0v) is 25.2. The van der Waals surface area contributed by atoms with Crippen LogP contribution in [0.15, 0.2) is 42.7 Å². The fourth-order valence-electron chi connectivity index (χ4n) is 5.81. The highest BCUT2D eigenvalue weighted by Crippen LogP contribution is 2.37. The third-order valence-corrected chi connectivity index (χ3v) is 8.01. The van der Waals surface area contributed by atoms with E-state index in [1.165, 1.54) is 6.20 Å². The number of carbonyl (C=O) groups is 3. The van der Waals surface area contributed by atoms with Gasteiger partial charge in [0, 0.05) is 36.8 Å². The standard InChI is InChI=1S/C31H38N8O4/c1-30(2,3)43-29(42)35-23-10-13-38(28(23)41)21-14-24-26(22(27(33)40)16-34-39(24)17-21)36-25-11-12-37(18-31(25,4)5)20-8-6-19(15-32)7-9-20/h6-9,14,16-17,23,25,36H,10-13,18H2,1-5H3,(H2,33,40)(H,35,42). The van der Waals surface area contributed by atoms with Gasteiger partial charge in [-0.25, -0.2) is 9.31 Å². The van der Waals surface area contributed by atoms with Crippen molar-refractivity contribution in [1.29, 1.82) is 5.26 Å². The molecule has 0 aliphatic carbocycles. The zero-order valence-electron chi connectivity index (χ0n) is 25.2. The number of nitrogens with one attached hydrogen (secondary N) is 2. The molecule has 12 nitrogen and oxygen atoms in total. The molecule has 2 unspecified atom stereocenters. The highest BCUT2D eigenvalue weighted by atomic mass is 16.6. The molecule has 4 heterocycles. The Hall–Kier alpha value is -4.79. The van der Waals surface area contributed by atoms with E-state index in [0.29, 0.717) is 35.4 Å². The second kappa shape index (κ2) is 11.1. The Bertz CT molecular complexity index is 1600. The van der Waals surface area contributed by atoms with Gasteiger partial charge in [-0.3, -0.25) is 9.59 Å². The van der Waals surface area contributed by atoms with Crippen molar-refractivity contribution in [2.24, 2.45) is 11.1 Å². The number of alkyl carbamates (subject to hydrolysis) is 1. The number of fused-ring (bicyclic) bond motifs is 1. The summed E-state index contributed by atoms with van der Waals surface area (Å²) in [6, 6.07) is 10.9. The number of ether oxygens (including phenoxy) is 1. The molecule has 226 valence electrons. The molecule has 4 N–H and O–H groups in total. The number of aromatic nitrogens is 2. The molecule has 0 spiro atoms. The molecule has 2 saturated heterocycles. The second-order valence-corrected chi connectivity index (χ2v) is 12.9. The average Bonchev–Trinajstić information content (AvgIpc) is 3.51. The Labute approximate surface area is 250 Å². The molecular formula is C31H38N8O4. The lowest BCUT2D eigenvalue weighted by atomic mass is 9.78. The van der Waals surface area contributed by atoms with Crippen molar-refractivity contribution in [3.63, 3.8) is 0 Å². The number of primary amides is 1. The van der Waals surface area contributed by atoms with Crippen LogP contribution in [0.3, 0.4) is 0 Å². The van der Waals surface area contributed by atoms with E-state index in [1.807, 2.05) is 30.3 Å². The van der Waals surface area contributed by atoms with E-state index in [0.717, 1.165) is 25.2 Å². The number of benzene rings is 1. The highest BCUT2D eigenvalue weighted by Gasteiger charge is 2.38. The van der Waals surface area contributed by atoms with E-state index < -0.39 is 23.6 Å². The van der Waals surface area contributed by atoms with Gasteiger partial charge in [0.25, 0.3) is 5.91 Å². The van der Waals surface area contributed by atoms with Crippen molar-refractivity contribution in [3.05, 3.63) is 53.9 Å². The van der Waals surface area contributed by atoms with Crippen LogP contribution < -0.4 is 26.2 Å². The number of hydrogen-bond acceptors (Lipinski definition) is 8. The van der Waals surface area contributed by atoms with Crippen LogP contribution in [0.4, 0.5) is 21.9 Å². The predicted molar refractivity (Wildman–Crippen MR) is 163 cm³/mol. The van der Waals surface area contributed by atoms with Gasteiger partial charge >= 0.3 is 6.09 Å². The molecule has 0 radical (unpaired) electrons. The van der Waals surface area contributed by atoms with E-state index in [2.05, 4.69) is 40.5 Å². The van der Waals surface area contributed by atoms with E-state index in [4.69, 9.17) is 15.7 Å². The summed E-state index contributed by atoms with van der Waals surface area (Å²) in [5.74, 6) is -0.852. The lowest BCUT2D eigenvalue weighted by molar-refractivity contribution is -0.118. The quantitative estimate of drug-likeness (QED) is 0.395.